The Kier molecular flexibility index (Phi) is 6.22. The van der Waals surface area contributed by atoms with E-state index in [0.717, 1.165) is 31.0 Å². The van der Waals surface area contributed by atoms with Crippen LogP contribution in [0.4, 0.5) is 4.39 Å². The number of fused-ring (bicyclic) bond motifs is 1. The summed E-state index contributed by atoms with van der Waals surface area (Å²) in [7, 11) is -3.73. The van der Waals surface area contributed by atoms with Crippen molar-refractivity contribution in [3.63, 3.8) is 0 Å². The Balaban J connectivity index is 1.29. The largest absolute Gasteiger partial charge is 0.339 e. The van der Waals surface area contributed by atoms with Gasteiger partial charge in [-0.15, -0.1) is 0 Å². The maximum absolute atomic E-state index is 13.4. The third-order valence-electron chi connectivity index (χ3n) is 6.76. The van der Waals surface area contributed by atoms with E-state index in [1.165, 1.54) is 54.6 Å². The van der Waals surface area contributed by atoms with Crippen LogP contribution in [0.15, 0.2) is 29.2 Å². The van der Waals surface area contributed by atoms with Crippen LogP contribution >= 0.6 is 0 Å². The van der Waals surface area contributed by atoms with Gasteiger partial charge in [-0.25, -0.2) is 12.8 Å². The molecule has 3 aliphatic rings. The zero-order valence-electron chi connectivity index (χ0n) is 16.8. The van der Waals surface area contributed by atoms with Crippen LogP contribution in [0.5, 0.6) is 0 Å². The molecular weight excluding hydrogens is 393 g/mol. The second-order valence-electron chi connectivity index (χ2n) is 8.57. The quantitative estimate of drug-likeness (QED) is 0.745. The minimum atomic E-state index is -3.73. The van der Waals surface area contributed by atoms with Crippen molar-refractivity contribution >= 4 is 15.9 Å². The first-order chi connectivity index (χ1) is 13.9. The van der Waals surface area contributed by atoms with Crippen molar-refractivity contribution in [2.45, 2.75) is 37.0 Å². The molecule has 1 aromatic rings. The average Bonchev–Trinajstić information content (AvgIpc) is 2.74. The lowest BCUT2D eigenvalue weighted by Gasteiger charge is -2.42. The molecule has 0 bridgehead atoms. The van der Waals surface area contributed by atoms with Gasteiger partial charge in [-0.05, 0) is 49.4 Å². The highest BCUT2D eigenvalue weighted by Crippen LogP contribution is 2.36. The van der Waals surface area contributed by atoms with Crippen molar-refractivity contribution in [3.8, 4) is 0 Å². The van der Waals surface area contributed by atoms with Crippen LogP contribution in [0.1, 0.15) is 32.1 Å². The number of rotatable bonds is 4. The number of halogens is 1. The van der Waals surface area contributed by atoms with Gasteiger partial charge in [0.15, 0.2) is 0 Å². The van der Waals surface area contributed by atoms with Crippen LogP contribution in [-0.2, 0) is 14.8 Å². The molecule has 2 aliphatic heterocycles. The second-order valence-corrected chi connectivity index (χ2v) is 10.5. The Bertz CT molecular complexity index is 839. The van der Waals surface area contributed by atoms with Crippen molar-refractivity contribution < 1.29 is 17.6 Å². The molecule has 29 heavy (non-hydrogen) atoms. The highest BCUT2D eigenvalue weighted by Gasteiger charge is 2.34. The predicted octanol–water partition coefficient (Wildman–Crippen LogP) is 2.17. The molecule has 0 N–H and O–H groups in total. The number of hydrogen-bond acceptors (Lipinski definition) is 4. The van der Waals surface area contributed by atoms with Crippen LogP contribution in [0, 0.1) is 17.7 Å². The lowest BCUT2D eigenvalue weighted by Crippen LogP contribution is -2.53. The molecule has 3 fully saturated rings. The topological polar surface area (TPSA) is 60.9 Å². The van der Waals surface area contributed by atoms with E-state index >= 15 is 0 Å². The fraction of sp³-hybridized carbons (Fsp3) is 0.667. The monoisotopic (exact) mass is 423 g/mol. The fourth-order valence-corrected chi connectivity index (χ4v) is 6.52. The van der Waals surface area contributed by atoms with E-state index in [9.17, 15) is 17.6 Å². The van der Waals surface area contributed by atoms with E-state index in [4.69, 9.17) is 0 Å². The van der Waals surface area contributed by atoms with E-state index in [2.05, 4.69) is 4.90 Å². The maximum Gasteiger partial charge on any atom is 0.243 e. The molecule has 1 saturated carbocycles. The van der Waals surface area contributed by atoms with E-state index in [1.54, 1.807) is 4.90 Å². The van der Waals surface area contributed by atoms with E-state index in [-0.39, 0.29) is 23.9 Å². The lowest BCUT2D eigenvalue weighted by molar-refractivity contribution is -0.134. The molecule has 4 rings (SSSR count). The number of nitrogens with zero attached hydrogens (tertiary/aromatic N) is 3. The van der Waals surface area contributed by atoms with E-state index in [1.807, 2.05) is 0 Å². The summed E-state index contributed by atoms with van der Waals surface area (Å²) in [5.41, 5.74) is 0. The van der Waals surface area contributed by atoms with Gasteiger partial charge in [-0.3, -0.25) is 9.69 Å². The molecule has 160 valence electrons. The van der Waals surface area contributed by atoms with E-state index in [0.29, 0.717) is 19.6 Å². The molecule has 2 saturated heterocycles. The molecule has 1 amide bonds. The number of hydrogen-bond donors (Lipinski definition) is 0. The van der Waals surface area contributed by atoms with Crippen molar-refractivity contribution in [2.24, 2.45) is 11.8 Å². The Hall–Kier alpha value is -1.51. The smallest absolute Gasteiger partial charge is 0.243 e. The molecule has 1 aromatic carbocycles. The lowest BCUT2D eigenvalue weighted by atomic mass is 9.75. The molecular formula is C21H30FN3O3S. The molecule has 1 aliphatic carbocycles. The third-order valence-corrected chi connectivity index (χ3v) is 8.65. The molecule has 0 unspecified atom stereocenters. The van der Waals surface area contributed by atoms with Gasteiger partial charge in [-0.1, -0.05) is 25.3 Å². The first-order valence-corrected chi connectivity index (χ1v) is 12.1. The number of amides is 1. The van der Waals surface area contributed by atoms with E-state index < -0.39 is 15.8 Å². The van der Waals surface area contributed by atoms with Crippen LogP contribution in [-0.4, -0.2) is 74.2 Å². The molecule has 6 nitrogen and oxygen atoms in total. The van der Waals surface area contributed by atoms with Crippen LogP contribution < -0.4 is 0 Å². The summed E-state index contributed by atoms with van der Waals surface area (Å²) in [4.78, 5) is 16.8. The number of likely N-dealkylation sites (tertiary alicyclic amines) is 1. The zero-order chi connectivity index (χ0) is 20.4. The van der Waals surface area contributed by atoms with Gasteiger partial charge in [0.05, 0.1) is 11.4 Å². The third kappa shape index (κ3) is 4.64. The van der Waals surface area contributed by atoms with Crippen LogP contribution in [0.3, 0.4) is 0 Å². The summed E-state index contributed by atoms with van der Waals surface area (Å²) in [6.45, 7) is 3.69. The normalized spacial score (nSPS) is 26.9. The Morgan fingerprint density at radius 2 is 1.72 bits per heavy atom. The Morgan fingerprint density at radius 3 is 2.45 bits per heavy atom. The van der Waals surface area contributed by atoms with Crippen molar-refractivity contribution in [1.29, 1.82) is 0 Å². The van der Waals surface area contributed by atoms with Crippen molar-refractivity contribution in [1.82, 2.24) is 14.1 Å². The van der Waals surface area contributed by atoms with Gasteiger partial charge < -0.3 is 4.90 Å². The molecule has 0 radical (unpaired) electrons. The first kappa shape index (κ1) is 20.8. The molecule has 2 heterocycles. The summed E-state index contributed by atoms with van der Waals surface area (Å²) in [6, 6.07) is 5.08. The summed E-state index contributed by atoms with van der Waals surface area (Å²) < 4.78 is 40.2. The number of piperazine rings is 1. The molecule has 8 heteroatoms. The standard InChI is InChI=1S/C21H30FN3O3S/c22-19-6-3-7-20(14-19)29(27,28)25-12-10-24(11-13-25)21(26)16-23-9-8-17-4-1-2-5-18(17)15-23/h3,6-7,14,17-18H,1-2,4-5,8-13,15-16H2/t17-,18+/m0/s1. The number of sulfonamides is 1. The Labute approximate surface area is 172 Å². The molecule has 0 spiro atoms. The number of benzene rings is 1. The highest BCUT2D eigenvalue weighted by atomic mass is 32.2. The summed E-state index contributed by atoms with van der Waals surface area (Å²) in [5.74, 6) is 1.09. The van der Waals surface area contributed by atoms with Crippen molar-refractivity contribution in [2.75, 3.05) is 45.8 Å². The second kappa shape index (κ2) is 8.70. The van der Waals surface area contributed by atoms with Crippen LogP contribution in [0.25, 0.3) is 0 Å². The van der Waals surface area contributed by atoms with Gasteiger partial charge in [0.25, 0.3) is 0 Å². The summed E-state index contributed by atoms with van der Waals surface area (Å²) in [5, 5.41) is 0. The fourth-order valence-electron chi connectivity index (χ4n) is 5.07. The van der Waals surface area contributed by atoms with Gasteiger partial charge in [-0.2, -0.15) is 4.31 Å². The molecule has 2 atom stereocenters. The predicted molar refractivity (Wildman–Crippen MR) is 108 cm³/mol. The van der Waals surface area contributed by atoms with Gasteiger partial charge >= 0.3 is 0 Å². The number of piperidine rings is 1. The molecule has 0 aromatic heterocycles. The highest BCUT2D eigenvalue weighted by molar-refractivity contribution is 7.89. The minimum Gasteiger partial charge on any atom is -0.339 e. The minimum absolute atomic E-state index is 0.0346. The van der Waals surface area contributed by atoms with Gasteiger partial charge in [0.2, 0.25) is 15.9 Å². The Morgan fingerprint density at radius 1 is 1.00 bits per heavy atom. The number of carbonyl (C=O) groups excluding carboxylic acids is 1. The maximum atomic E-state index is 13.4. The van der Waals surface area contributed by atoms with Gasteiger partial charge in [0.1, 0.15) is 5.82 Å². The van der Waals surface area contributed by atoms with Crippen molar-refractivity contribution in [3.05, 3.63) is 30.1 Å². The van der Waals surface area contributed by atoms with Gasteiger partial charge in [0, 0.05) is 32.7 Å². The average molecular weight is 424 g/mol. The summed E-state index contributed by atoms with van der Waals surface area (Å²) in [6.07, 6.45) is 6.48. The summed E-state index contributed by atoms with van der Waals surface area (Å²) >= 11 is 0. The SMILES string of the molecule is O=C(CN1CC[C@@H]2CCCC[C@@H]2C1)N1CCN(S(=O)(=O)c2cccc(F)c2)CC1. The first-order valence-electron chi connectivity index (χ1n) is 10.7. The number of carbonyl (C=O) groups is 1. The zero-order valence-corrected chi connectivity index (χ0v) is 17.6. The van der Waals surface area contributed by atoms with Crippen LogP contribution in [0.2, 0.25) is 0 Å².